The highest BCUT2D eigenvalue weighted by molar-refractivity contribution is 5.92. The second kappa shape index (κ2) is 4.62. The molecule has 7 nitrogen and oxygen atoms in total. The lowest BCUT2D eigenvalue weighted by atomic mass is 10.2. The van der Waals surface area contributed by atoms with Gasteiger partial charge < -0.3 is 10.1 Å². The van der Waals surface area contributed by atoms with Gasteiger partial charge in [-0.25, -0.2) is 9.59 Å². The van der Waals surface area contributed by atoms with Crippen molar-refractivity contribution >= 4 is 17.0 Å². The van der Waals surface area contributed by atoms with Crippen molar-refractivity contribution < 1.29 is 9.90 Å². The number of carboxylic acids is 1. The van der Waals surface area contributed by atoms with Crippen molar-refractivity contribution in [1.29, 1.82) is 0 Å². The summed E-state index contributed by atoms with van der Waals surface area (Å²) in [6, 6.07) is 4.60. The molecule has 0 radical (unpaired) electrons. The predicted octanol–water partition coefficient (Wildman–Crippen LogP) is 1.12. The fraction of sp³-hybridized carbons (Fsp3) is 0.214. The standard InChI is InChI=1S/C14H14N4O3/c1-8-10(6-15-17(8)2)7-18-12-4-3-9(13(19)20)5-11(12)16-14(18)21/h3-6H,7H2,1-2H3,(H,16,21)(H,19,20). The minimum atomic E-state index is -1.02. The molecule has 0 amide bonds. The van der Waals surface area contributed by atoms with E-state index in [9.17, 15) is 9.59 Å². The third-order valence-corrected chi connectivity index (χ3v) is 3.69. The number of fused-ring (bicyclic) bond motifs is 1. The van der Waals surface area contributed by atoms with Crippen LogP contribution in [-0.2, 0) is 13.6 Å². The Hall–Kier alpha value is -2.83. The Labute approximate surface area is 119 Å². The Morgan fingerprint density at radius 3 is 2.81 bits per heavy atom. The molecule has 2 N–H and O–H groups in total. The number of carboxylic acid groups (broad SMARTS) is 1. The molecule has 3 rings (SSSR count). The highest BCUT2D eigenvalue weighted by Gasteiger charge is 2.12. The summed E-state index contributed by atoms with van der Waals surface area (Å²) in [5, 5.41) is 13.1. The Bertz CT molecular complexity index is 901. The molecule has 0 spiro atoms. The van der Waals surface area contributed by atoms with Crippen molar-refractivity contribution in [2.75, 3.05) is 0 Å². The van der Waals surface area contributed by atoms with Gasteiger partial charge in [0.25, 0.3) is 0 Å². The normalized spacial score (nSPS) is 11.1. The molecule has 0 aliphatic rings. The molecule has 0 saturated carbocycles. The average Bonchev–Trinajstić information content (AvgIpc) is 2.92. The molecule has 2 aromatic heterocycles. The number of aromatic nitrogens is 4. The Morgan fingerprint density at radius 2 is 2.19 bits per heavy atom. The lowest BCUT2D eigenvalue weighted by molar-refractivity contribution is 0.0697. The van der Waals surface area contributed by atoms with E-state index in [4.69, 9.17) is 5.11 Å². The third kappa shape index (κ3) is 2.12. The van der Waals surface area contributed by atoms with Gasteiger partial charge in [0.1, 0.15) is 0 Å². The zero-order valence-corrected chi connectivity index (χ0v) is 11.6. The maximum absolute atomic E-state index is 12.1. The van der Waals surface area contributed by atoms with E-state index in [1.165, 1.54) is 12.1 Å². The zero-order valence-electron chi connectivity index (χ0n) is 11.6. The van der Waals surface area contributed by atoms with E-state index in [0.717, 1.165) is 11.3 Å². The van der Waals surface area contributed by atoms with Crippen LogP contribution in [0.4, 0.5) is 0 Å². The summed E-state index contributed by atoms with van der Waals surface area (Å²) >= 11 is 0. The van der Waals surface area contributed by atoms with Gasteiger partial charge >= 0.3 is 11.7 Å². The molecule has 0 unspecified atom stereocenters. The molecule has 1 aromatic carbocycles. The van der Waals surface area contributed by atoms with Crippen LogP contribution >= 0.6 is 0 Å². The van der Waals surface area contributed by atoms with Crippen LogP contribution in [0, 0.1) is 6.92 Å². The maximum atomic E-state index is 12.1. The van der Waals surface area contributed by atoms with Crippen LogP contribution in [0.15, 0.2) is 29.2 Å². The quantitative estimate of drug-likeness (QED) is 0.754. The summed E-state index contributed by atoms with van der Waals surface area (Å²) < 4.78 is 3.32. The fourth-order valence-corrected chi connectivity index (χ4v) is 2.32. The number of H-pyrrole nitrogens is 1. The minimum Gasteiger partial charge on any atom is -0.478 e. The van der Waals surface area contributed by atoms with Crippen molar-refractivity contribution in [2.45, 2.75) is 13.5 Å². The molecule has 108 valence electrons. The van der Waals surface area contributed by atoms with Crippen molar-refractivity contribution in [3.05, 3.63) is 51.7 Å². The summed E-state index contributed by atoms with van der Waals surface area (Å²) in [4.78, 5) is 25.7. The number of nitrogens with zero attached hydrogens (tertiary/aromatic N) is 3. The van der Waals surface area contributed by atoms with Crippen LogP contribution in [0.3, 0.4) is 0 Å². The number of imidazole rings is 1. The Kier molecular flexibility index (Phi) is 2.90. The van der Waals surface area contributed by atoms with Crippen LogP contribution in [0.2, 0.25) is 0 Å². The highest BCUT2D eigenvalue weighted by Crippen LogP contribution is 2.15. The van der Waals surface area contributed by atoms with E-state index in [1.807, 2.05) is 14.0 Å². The smallest absolute Gasteiger partial charge is 0.335 e. The van der Waals surface area contributed by atoms with Gasteiger partial charge in [0, 0.05) is 18.3 Å². The van der Waals surface area contributed by atoms with Crippen molar-refractivity contribution in [3.63, 3.8) is 0 Å². The summed E-state index contributed by atoms with van der Waals surface area (Å²) in [6.07, 6.45) is 1.73. The van der Waals surface area contributed by atoms with E-state index in [2.05, 4.69) is 10.1 Å². The topological polar surface area (TPSA) is 92.9 Å². The molecule has 0 atom stereocenters. The van der Waals surface area contributed by atoms with Gasteiger partial charge in [-0.05, 0) is 25.1 Å². The first-order chi connectivity index (χ1) is 9.97. The molecule has 3 aromatic rings. The van der Waals surface area contributed by atoms with Gasteiger partial charge in [0.2, 0.25) is 0 Å². The summed E-state index contributed by atoms with van der Waals surface area (Å²) in [6.45, 7) is 2.33. The van der Waals surface area contributed by atoms with Gasteiger partial charge in [-0.2, -0.15) is 5.10 Å². The number of carbonyl (C=O) groups is 1. The van der Waals surface area contributed by atoms with Gasteiger partial charge in [-0.3, -0.25) is 9.25 Å². The summed E-state index contributed by atoms with van der Waals surface area (Å²) in [5.41, 5.74) is 3.00. The van der Waals surface area contributed by atoms with Gasteiger partial charge in [0.15, 0.2) is 0 Å². The molecule has 0 saturated heterocycles. The van der Waals surface area contributed by atoms with Crippen molar-refractivity contribution in [3.8, 4) is 0 Å². The minimum absolute atomic E-state index is 0.147. The summed E-state index contributed by atoms with van der Waals surface area (Å²) in [5.74, 6) is -1.02. The van der Waals surface area contributed by atoms with Gasteiger partial charge in [-0.1, -0.05) is 0 Å². The predicted molar refractivity (Wildman–Crippen MR) is 76.6 cm³/mol. The molecular formula is C14H14N4O3. The number of aromatic carboxylic acids is 1. The molecule has 21 heavy (non-hydrogen) atoms. The van der Waals surface area contributed by atoms with Gasteiger partial charge in [0.05, 0.1) is 29.3 Å². The summed E-state index contributed by atoms with van der Waals surface area (Å²) in [7, 11) is 1.84. The van der Waals surface area contributed by atoms with E-state index < -0.39 is 5.97 Å². The number of aryl methyl sites for hydroxylation is 1. The van der Waals surface area contributed by atoms with E-state index in [1.54, 1.807) is 21.5 Å². The number of hydrogen-bond acceptors (Lipinski definition) is 3. The number of benzene rings is 1. The molecule has 2 heterocycles. The molecule has 0 aliphatic heterocycles. The molecule has 0 aliphatic carbocycles. The van der Waals surface area contributed by atoms with Crippen LogP contribution in [0.5, 0.6) is 0 Å². The first-order valence-corrected chi connectivity index (χ1v) is 6.40. The van der Waals surface area contributed by atoms with Crippen LogP contribution < -0.4 is 5.69 Å². The largest absolute Gasteiger partial charge is 0.478 e. The first kappa shape index (κ1) is 13.2. The molecule has 0 fully saturated rings. The number of nitrogens with one attached hydrogen (secondary N) is 1. The van der Waals surface area contributed by atoms with E-state index >= 15 is 0 Å². The monoisotopic (exact) mass is 286 g/mol. The first-order valence-electron chi connectivity index (χ1n) is 6.40. The second-order valence-electron chi connectivity index (χ2n) is 4.93. The molecular weight excluding hydrogens is 272 g/mol. The lowest BCUT2D eigenvalue weighted by Crippen LogP contribution is -2.17. The number of aromatic amines is 1. The lowest BCUT2D eigenvalue weighted by Gasteiger charge is -2.03. The zero-order chi connectivity index (χ0) is 15.1. The fourth-order valence-electron chi connectivity index (χ4n) is 2.32. The second-order valence-corrected chi connectivity index (χ2v) is 4.93. The maximum Gasteiger partial charge on any atom is 0.335 e. The molecule has 0 bridgehead atoms. The van der Waals surface area contributed by atoms with Crippen LogP contribution in [0.25, 0.3) is 11.0 Å². The number of hydrogen-bond donors (Lipinski definition) is 2. The third-order valence-electron chi connectivity index (χ3n) is 3.69. The highest BCUT2D eigenvalue weighted by atomic mass is 16.4. The van der Waals surface area contributed by atoms with Crippen LogP contribution in [0.1, 0.15) is 21.6 Å². The Balaban J connectivity index is 2.10. The Morgan fingerprint density at radius 1 is 1.43 bits per heavy atom. The average molecular weight is 286 g/mol. The van der Waals surface area contributed by atoms with Crippen molar-refractivity contribution in [1.82, 2.24) is 19.3 Å². The van der Waals surface area contributed by atoms with E-state index in [0.29, 0.717) is 17.6 Å². The molecule has 7 heteroatoms. The SMILES string of the molecule is Cc1c(Cn2c(=O)[nH]c3cc(C(=O)O)ccc32)cnn1C. The number of rotatable bonds is 3. The van der Waals surface area contributed by atoms with E-state index in [-0.39, 0.29) is 11.3 Å². The van der Waals surface area contributed by atoms with Crippen LogP contribution in [-0.4, -0.2) is 30.4 Å². The van der Waals surface area contributed by atoms with Crippen molar-refractivity contribution in [2.24, 2.45) is 7.05 Å². The van der Waals surface area contributed by atoms with Gasteiger partial charge in [-0.15, -0.1) is 0 Å².